The number of aromatic nitrogens is 3. The minimum Gasteiger partial charge on any atom is -0.497 e. The van der Waals surface area contributed by atoms with Gasteiger partial charge in [0.2, 0.25) is 0 Å². The standard InChI is InChI=1S/C23H28N4O2S/c1-16-7-9-17(10-8-16)22-24-27(23(30)25(22)2)15-26-13-5-6-20(26)19-12-11-18(28-3)14-21(19)29-4/h7-12,14,20H,5-6,13,15H2,1-4H3/t20-/m0/s1. The van der Waals surface area contributed by atoms with Crippen LogP contribution in [0.2, 0.25) is 0 Å². The molecular weight excluding hydrogens is 396 g/mol. The molecule has 1 fully saturated rings. The van der Waals surface area contributed by atoms with Gasteiger partial charge in [-0.05, 0) is 38.0 Å². The van der Waals surface area contributed by atoms with Gasteiger partial charge in [-0.3, -0.25) is 4.90 Å². The van der Waals surface area contributed by atoms with Gasteiger partial charge >= 0.3 is 0 Å². The number of rotatable bonds is 6. The Balaban J connectivity index is 1.62. The van der Waals surface area contributed by atoms with E-state index in [-0.39, 0.29) is 6.04 Å². The molecule has 7 heteroatoms. The zero-order valence-corrected chi connectivity index (χ0v) is 18.8. The second kappa shape index (κ2) is 8.62. The molecule has 1 aromatic heterocycles. The van der Waals surface area contributed by atoms with E-state index in [9.17, 15) is 0 Å². The maximum absolute atomic E-state index is 5.71. The van der Waals surface area contributed by atoms with Crippen molar-refractivity contribution in [1.82, 2.24) is 19.2 Å². The molecule has 158 valence electrons. The number of nitrogens with zero attached hydrogens (tertiary/aromatic N) is 4. The van der Waals surface area contributed by atoms with Crippen molar-refractivity contribution in [1.29, 1.82) is 0 Å². The first kappa shape index (κ1) is 20.6. The summed E-state index contributed by atoms with van der Waals surface area (Å²) in [4.78, 5) is 2.42. The Hall–Kier alpha value is -2.64. The van der Waals surface area contributed by atoms with Gasteiger partial charge in [0, 0.05) is 36.8 Å². The van der Waals surface area contributed by atoms with Gasteiger partial charge in [0.25, 0.3) is 0 Å². The molecule has 4 rings (SSSR count). The van der Waals surface area contributed by atoms with Crippen LogP contribution in [0.3, 0.4) is 0 Å². The molecule has 1 atom stereocenters. The summed E-state index contributed by atoms with van der Waals surface area (Å²) < 4.78 is 15.6. The molecule has 0 aliphatic carbocycles. The Kier molecular flexibility index (Phi) is 5.92. The fourth-order valence-electron chi connectivity index (χ4n) is 4.15. The summed E-state index contributed by atoms with van der Waals surface area (Å²) in [7, 11) is 5.36. The van der Waals surface area contributed by atoms with Gasteiger partial charge in [-0.15, -0.1) is 0 Å². The van der Waals surface area contributed by atoms with Crippen LogP contribution in [0.15, 0.2) is 42.5 Å². The zero-order valence-electron chi connectivity index (χ0n) is 18.0. The van der Waals surface area contributed by atoms with Crippen molar-refractivity contribution in [3.05, 3.63) is 58.4 Å². The van der Waals surface area contributed by atoms with Crippen LogP contribution in [-0.2, 0) is 13.7 Å². The van der Waals surface area contributed by atoms with Crippen LogP contribution in [-0.4, -0.2) is 40.0 Å². The predicted molar refractivity (Wildman–Crippen MR) is 120 cm³/mol. The number of likely N-dealkylation sites (tertiary alicyclic amines) is 1. The molecule has 6 nitrogen and oxygen atoms in total. The number of hydrogen-bond donors (Lipinski definition) is 0. The van der Waals surface area contributed by atoms with Gasteiger partial charge in [0.15, 0.2) is 10.6 Å². The van der Waals surface area contributed by atoms with Crippen molar-refractivity contribution in [3.8, 4) is 22.9 Å². The minimum atomic E-state index is 0.262. The van der Waals surface area contributed by atoms with E-state index in [4.69, 9.17) is 26.8 Å². The molecule has 0 saturated carbocycles. The van der Waals surface area contributed by atoms with Crippen LogP contribution in [0, 0.1) is 11.7 Å². The highest BCUT2D eigenvalue weighted by Crippen LogP contribution is 2.39. The Bertz CT molecular complexity index is 1090. The summed E-state index contributed by atoms with van der Waals surface area (Å²) in [6, 6.07) is 14.7. The predicted octanol–water partition coefficient (Wildman–Crippen LogP) is 4.74. The third-order valence-electron chi connectivity index (χ3n) is 5.83. The Morgan fingerprint density at radius 2 is 1.87 bits per heavy atom. The molecule has 30 heavy (non-hydrogen) atoms. The molecule has 1 aliphatic rings. The monoisotopic (exact) mass is 424 g/mol. The van der Waals surface area contributed by atoms with E-state index in [0.717, 1.165) is 47.0 Å². The van der Waals surface area contributed by atoms with Gasteiger partial charge in [0.05, 0.1) is 20.9 Å². The SMILES string of the molecule is COc1ccc([C@@H]2CCCN2Cn2nc(-c3ccc(C)cc3)n(C)c2=S)c(OC)c1. The second-order valence-corrected chi connectivity index (χ2v) is 8.12. The van der Waals surface area contributed by atoms with Crippen molar-refractivity contribution < 1.29 is 9.47 Å². The van der Waals surface area contributed by atoms with E-state index in [1.165, 1.54) is 11.1 Å². The van der Waals surface area contributed by atoms with E-state index in [1.807, 2.05) is 28.4 Å². The maximum Gasteiger partial charge on any atom is 0.199 e. The number of methoxy groups -OCH3 is 2. The average Bonchev–Trinajstić information content (AvgIpc) is 3.34. The average molecular weight is 425 g/mol. The summed E-state index contributed by atoms with van der Waals surface area (Å²) in [5.74, 6) is 2.55. The molecule has 0 spiro atoms. The Morgan fingerprint density at radius 3 is 2.57 bits per heavy atom. The van der Waals surface area contributed by atoms with Crippen LogP contribution in [0.4, 0.5) is 0 Å². The summed E-state index contributed by atoms with van der Waals surface area (Å²) in [6.45, 7) is 3.73. The minimum absolute atomic E-state index is 0.262. The zero-order chi connectivity index (χ0) is 21.3. The molecule has 3 aromatic rings. The molecule has 0 unspecified atom stereocenters. The third-order valence-corrected chi connectivity index (χ3v) is 6.31. The van der Waals surface area contributed by atoms with Crippen LogP contribution >= 0.6 is 12.2 Å². The van der Waals surface area contributed by atoms with Crippen molar-refractivity contribution in [2.24, 2.45) is 7.05 Å². The van der Waals surface area contributed by atoms with Crippen molar-refractivity contribution in [3.63, 3.8) is 0 Å². The summed E-state index contributed by atoms with van der Waals surface area (Å²) >= 11 is 5.71. The molecule has 0 radical (unpaired) electrons. The third kappa shape index (κ3) is 3.87. The van der Waals surface area contributed by atoms with Crippen LogP contribution < -0.4 is 9.47 Å². The van der Waals surface area contributed by atoms with Crippen LogP contribution in [0.25, 0.3) is 11.4 Å². The normalized spacial score (nSPS) is 16.7. The molecular formula is C23H28N4O2S. The number of aryl methyl sites for hydroxylation is 1. The molecule has 1 aliphatic heterocycles. The lowest BCUT2D eigenvalue weighted by Crippen LogP contribution is -2.27. The lowest BCUT2D eigenvalue weighted by Gasteiger charge is -2.26. The lowest BCUT2D eigenvalue weighted by atomic mass is 10.0. The highest BCUT2D eigenvalue weighted by Gasteiger charge is 2.29. The van der Waals surface area contributed by atoms with Crippen molar-refractivity contribution >= 4 is 12.2 Å². The van der Waals surface area contributed by atoms with Gasteiger partial charge in [-0.25, -0.2) is 4.68 Å². The van der Waals surface area contributed by atoms with Gasteiger partial charge in [-0.1, -0.05) is 35.9 Å². The molecule has 2 aromatic carbocycles. The van der Waals surface area contributed by atoms with E-state index in [0.29, 0.717) is 6.67 Å². The smallest absolute Gasteiger partial charge is 0.199 e. The number of ether oxygens (including phenoxy) is 2. The summed E-state index contributed by atoms with van der Waals surface area (Å²) in [5.41, 5.74) is 3.48. The van der Waals surface area contributed by atoms with Crippen molar-refractivity contribution in [2.45, 2.75) is 32.5 Å². The summed E-state index contributed by atoms with van der Waals surface area (Å²) in [5, 5.41) is 4.85. The number of benzene rings is 2. The molecule has 2 heterocycles. The first-order valence-electron chi connectivity index (χ1n) is 10.2. The van der Waals surface area contributed by atoms with Gasteiger partial charge in [0.1, 0.15) is 11.5 Å². The van der Waals surface area contributed by atoms with Gasteiger partial charge < -0.3 is 14.0 Å². The first-order valence-corrected chi connectivity index (χ1v) is 10.6. The molecule has 0 amide bonds. The first-order chi connectivity index (χ1) is 14.5. The Labute approximate surface area is 182 Å². The molecule has 0 N–H and O–H groups in total. The second-order valence-electron chi connectivity index (χ2n) is 7.75. The molecule has 1 saturated heterocycles. The fraction of sp³-hybridized carbons (Fsp3) is 0.391. The number of hydrogen-bond acceptors (Lipinski definition) is 5. The van der Waals surface area contributed by atoms with Gasteiger partial charge in [-0.2, -0.15) is 5.10 Å². The fourth-order valence-corrected chi connectivity index (χ4v) is 4.33. The van der Waals surface area contributed by atoms with E-state index in [2.05, 4.69) is 42.2 Å². The van der Waals surface area contributed by atoms with E-state index < -0.39 is 0 Å². The van der Waals surface area contributed by atoms with Crippen LogP contribution in [0.5, 0.6) is 11.5 Å². The highest BCUT2D eigenvalue weighted by atomic mass is 32.1. The molecule has 0 bridgehead atoms. The van der Waals surface area contributed by atoms with E-state index >= 15 is 0 Å². The van der Waals surface area contributed by atoms with Crippen molar-refractivity contribution in [2.75, 3.05) is 20.8 Å². The summed E-state index contributed by atoms with van der Waals surface area (Å²) in [6.07, 6.45) is 2.21. The Morgan fingerprint density at radius 1 is 1.10 bits per heavy atom. The maximum atomic E-state index is 5.71. The topological polar surface area (TPSA) is 44.5 Å². The lowest BCUT2D eigenvalue weighted by molar-refractivity contribution is 0.187. The van der Waals surface area contributed by atoms with E-state index in [1.54, 1.807) is 14.2 Å². The largest absolute Gasteiger partial charge is 0.497 e. The quantitative estimate of drug-likeness (QED) is 0.535. The van der Waals surface area contributed by atoms with Crippen LogP contribution in [0.1, 0.15) is 30.0 Å². The highest BCUT2D eigenvalue weighted by molar-refractivity contribution is 7.71.